The van der Waals surface area contributed by atoms with E-state index in [2.05, 4.69) is 5.32 Å². The van der Waals surface area contributed by atoms with Crippen LogP contribution in [-0.4, -0.2) is 11.0 Å². The maximum Gasteiger partial charge on any atom is 0.255 e. The van der Waals surface area contributed by atoms with Crippen molar-refractivity contribution >= 4 is 11.6 Å². The van der Waals surface area contributed by atoms with Crippen LogP contribution >= 0.6 is 0 Å². The highest BCUT2D eigenvalue weighted by Gasteiger charge is 2.07. The summed E-state index contributed by atoms with van der Waals surface area (Å²) in [5.41, 5.74) is 1.06. The number of halogens is 2. The summed E-state index contributed by atoms with van der Waals surface area (Å²) in [7, 11) is 0. The van der Waals surface area contributed by atoms with Crippen LogP contribution in [0.4, 0.5) is 14.5 Å². The molecular formula is C14H11F2NO2. The van der Waals surface area contributed by atoms with Gasteiger partial charge in [-0.2, -0.15) is 0 Å². The Bertz CT molecular complexity index is 577. The van der Waals surface area contributed by atoms with E-state index in [4.69, 9.17) is 5.11 Å². The third-order valence-corrected chi connectivity index (χ3v) is 2.52. The molecule has 0 unspecified atom stereocenters. The molecule has 0 atom stereocenters. The molecule has 2 aromatic rings. The van der Waals surface area contributed by atoms with E-state index >= 15 is 0 Å². The zero-order chi connectivity index (χ0) is 13.8. The predicted molar refractivity (Wildman–Crippen MR) is 66.7 cm³/mol. The molecule has 2 aromatic carbocycles. The second-order valence-corrected chi connectivity index (χ2v) is 3.97. The molecule has 0 aliphatic heterocycles. The Morgan fingerprint density at radius 2 is 1.63 bits per heavy atom. The minimum Gasteiger partial charge on any atom is -0.392 e. The smallest absolute Gasteiger partial charge is 0.255 e. The molecule has 0 fully saturated rings. The predicted octanol–water partition coefficient (Wildman–Crippen LogP) is 2.71. The van der Waals surface area contributed by atoms with E-state index in [0.717, 1.165) is 18.2 Å². The van der Waals surface area contributed by atoms with Gasteiger partial charge in [-0.15, -0.1) is 0 Å². The first kappa shape index (κ1) is 13.2. The Morgan fingerprint density at radius 3 is 2.16 bits per heavy atom. The van der Waals surface area contributed by atoms with Crippen molar-refractivity contribution < 1.29 is 18.7 Å². The van der Waals surface area contributed by atoms with Crippen molar-refractivity contribution in [2.75, 3.05) is 5.32 Å². The van der Waals surface area contributed by atoms with Crippen LogP contribution in [0.1, 0.15) is 15.9 Å². The Kier molecular flexibility index (Phi) is 3.87. The number of aliphatic hydroxyl groups is 1. The molecule has 0 radical (unpaired) electrons. The standard InChI is InChI=1S/C14H11F2NO2/c15-11-5-12(16)7-13(6-11)17-14(19)10-3-1-9(8-18)2-4-10/h1-7,18H,8H2,(H,17,19). The van der Waals surface area contributed by atoms with Gasteiger partial charge in [0.2, 0.25) is 0 Å². The van der Waals surface area contributed by atoms with Gasteiger partial charge in [0.05, 0.1) is 6.61 Å². The lowest BCUT2D eigenvalue weighted by atomic mass is 10.1. The molecule has 98 valence electrons. The molecule has 0 aliphatic carbocycles. The second kappa shape index (κ2) is 5.58. The molecule has 19 heavy (non-hydrogen) atoms. The van der Waals surface area contributed by atoms with E-state index in [9.17, 15) is 13.6 Å². The monoisotopic (exact) mass is 263 g/mol. The van der Waals surface area contributed by atoms with Crippen LogP contribution in [0, 0.1) is 11.6 Å². The molecule has 0 bridgehead atoms. The van der Waals surface area contributed by atoms with Gasteiger partial charge in [0.25, 0.3) is 5.91 Å². The molecule has 2 N–H and O–H groups in total. The van der Waals surface area contributed by atoms with Gasteiger partial charge in [-0.1, -0.05) is 12.1 Å². The number of hydrogen-bond acceptors (Lipinski definition) is 2. The highest BCUT2D eigenvalue weighted by Crippen LogP contribution is 2.14. The number of anilines is 1. The molecule has 5 heteroatoms. The van der Waals surface area contributed by atoms with Crippen molar-refractivity contribution in [3.05, 3.63) is 65.2 Å². The summed E-state index contributed by atoms with van der Waals surface area (Å²) < 4.78 is 25.9. The molecule has 0 saturated carbocycles. The lowest BCUT2D eigenvalue weighted by molar-refractivity contribution is 0.102. The Balaban J connectivity index is 2.15. The van der Waals surface area contributed by atoms with Gasteiger partial charge in [-0.3, -0.25) is 4.79 Å². The lowest BCUT2D eigenvalue weighted by Gasteiger charge is -2.06. The van der Waals surface area contributed by atoms with Gasteiger partial charge in [-0.05, 0) is 29.8 Å². The van der Waals surface area contributed by atoms with Crippen LogP contribution in [0.3, 0.4) is 0 Å². The van der Waals surface area contributed by atoms with Crippen molar-refractivity contribution in [3.63, 3.8) is 0 Å². The zero-order valence-corrected chi connectivity index (χ0v) is 9.86. The second-order valence-electron chi connectivity index (χ2n) is 3.97. The van der Waals surface area contributed by atoms with Gasteiger partial charge < -0.3 is 10.4 Å². The van der Waals surface area contributed by atoms with Crippen LogP contribution in [-0.2, 0) is 6.61 Å². The third-order valence-electron chi connectivity index (χ3n) is 2.52. The van der Waals surface area contributed by atoms with Gasteiger partial charge in [0.1, 0.15) is 11.6 Å². The van der Waals surface area contributed by atoms with E-state index in [0.29, 0.717) is 11.1 Å². The van der Waals surface area contributed by atoms with Crippen LogP contribution in [0.15, 0.2) is 42.5 Å². The summed E-state index contributed by atoms with van der Waals surface area (Å²) in [6.07, 6.45) is 0. The minimum absolute atomic E-state index is 0.0498. The number of hydrogen-bond donors (Lipinski definition) is 2. The third kappa shape index (κ3) is 3.35. The molecule has 0 heterocycles. The fraction of sp³-hybridized carbons (Fsp3) is 0.0714. The molecule has 0 spiro atoms. The van der Waals surface area contributed by atoms with Gasteiger partial charge in [0, 0.05) is 17.3 Å². The van der Waals surface area contributed by atoms with Crippen molar-refractivity contribution in [2.24, 2.45) is 0 Å². The summed E-state index contributed by atoms with van der Waals surface area (Å²) in [6, 6.07) is 9.03. The van der Waals surface area contributed by atoms with Crippen molar-refractivity contribution in [1.29, 1.82) is 0 Å². The molecule has 0 aliphatic rings. The summed E-state index contributed by atoms with van der Waals surface area (Å²) in [4.78, 5) is 11.8. The number of benzene rings is 2. The highest BCUT2D eigenvalue weighted by atomic mass is 19.1. The zero-order valence-electron chi connectivity index (χ0n) is 9.86. The van der Waals surface area contributed by atoms with E-state index in [-0.39, 0.29) is 12.3 Å². The quantitative estimate of drug-likeness (QED) is 0.894. The Labute approximate surface area is 108 Å². The normalized spacial score (nSPS) is 10.3. The Hall–Kier alpha value is -2.27. The fourth-order valence-electron chi connectivity index (χ4n) is 1.59. The SMILES string of the molecule is O=C(Nc1cc(F)cc(F)c1)c1ccc(CO)cc1. The van der Waals surface area contributed by atoms with Gasteiger partial charge in [-0.25, -0.2) is 8.78 Å². The summed E-state index contributed by atoms with van der Waals surface area (Å²) in [5, 5.41) is 11.3. The maximum atomic E-state index is 13.0. The number of rotatable bonds is 3. The average Bonchev–Trinajstić information content (AvgIpc) is 2.37. The molecule has 1 amide bonds. The molecule has 0 aromatic heterocycles. The topological polar surface area (TPSA) is 49.3 Å². The summed E-state index contributed by atoms with van der Waals surface area (Å²) in [5.74, 6) is -1.99. The lowest BCUT2D eigenvalue weighted by Crippen LogP contribution is -2.12. The van der Waals surface area contributed by atoms with E-state index in [1.165, 1.54) is 12.1 Å². The molecule has 3 nitrogen and oxygen atoms in total. The number of carbonyl (C=O) groups excluding carboxylic acids is 1. The minimum atomic E-state index is -0.758. The number of carbonyl (C=O) groups is 1. The molecular weight excluding hydrogens is 252 g/mol. The highest BCUT2D eigenvalue weighted by molar-refractivity contribution is 6.04. The van der Waals surface area contributed by atoms with Crippen LogP contribution in [0.25, 0.3) is 0 Å². The van der Waals surface area contributed by atoms with Crippen molar-refractivity contribution in [3.8, 4) is 0 Å². The summed E-state index contributed by atoms with van der Waals surface area (Å²) >= 11 is 0. The Morgan fingerprint density at radius 1 is 1.05 bits per heavy atom. The van der Waals surface area contributed by atoms with Crippen molar-refractivity contribution in [1.82, 2.24) is 0 Å². The van der Waals surface area contributed by atoms with E-state index in [1.807, 2.05) is 0 Å². The first-order valence-corrected chi connectivity index (χ1v) is 5.56. The molecule has 0 saturated heterocycles. The van der Waals surface area contributed by atoms with Crippen LogP contribution < -0.4 is 5.32 Å². The number of aliphatic hydroxyl groups excluding tert-OH is 1. The van der Waals surface area contributed by atoms with E-state index in [1.54, 1.807) is 12.1 Å². The first-order chi connectivity index (χ1) is 9.08. The average molecular weight is 263 g/mol. The largest absolute Gasteiger partial charge is 0.392 e. The summed E-state index contributed by atoms with van der Waals surface area (Å²) in [6.45, 7) is -0.114. The fourth-order valence-corrected chi connectivity index (χ4v) is 1.59. The van der Waals surface area contributed by atoms with E-state index < -0.39 is 17.5 Å². The maximum absolute atomic E-state index is 13.0. The first-order valence-electron chi connectivity index (χ1n) is 5.56. The van der Waals surface area contributed by atoms with Crippen LogP contribution in [0.2, 0.25) is 0 Å². The molecule has 2 rings (SSSR count). The van der Waals surface area contributed by atoms with Crippen molar-refractivity contribution in [2.45, 2.75) is 6.61 Å². The number of amides is 1. The van der Waals surface area contributed by atoms with Crippen LogP contribution in [0.5, 0.6) is 0 Å². The van der Waals surface area contributed by atoms with Gasteiger partial charge >= 0.3 is 0 Å². The van der Waals surface area contributed by atoms with Gasteiger partial charge in [0.15, 0.2) is 0 Å². The number of nitrogens with one attached hydrogen (secondary N) is 1.